The molecule has 0 unspecified atom stereocenters. The predicted molar refractivity (Wildman–Crippen MR) is 104 cm³/mol. The van der Waals surface area contributed by atoms with Gasteiger partial charge in [-0.3, -0.25) is 4.79 Å². The minimum atomic E-state index is -0.102. The van der Waals surface area contributed by atoms with Crippen LogP contribution in [0.15, 0.2) is 66.7 Å². The van der Waals surface area contributed by atoms with Gasteiger partial charge in [0.1, 0.15) is 0 Å². The molecule has 0 aliphatic heterocycles. The minimum Gasteiger partial charge on any atom is -0.354 e. The lowest BCUT2D eigenvalue weighted by atomic mass is 10.1. The summed E-state index contributed by atoms with van der Waals surface area (Å²) in [5.74, 6) is 1.11. The van der Waals surface area contributed by atoms with Crippen LogP contribution in [-0.4, -0.2) is 23.2 Å². The molecular weight excluding hydrogens is 324 g/mol. The van der Waals surface area contributed by atoms with Crippen LogP contribution in [0, 0.1) is 6.92 Å². The van der Waals surface area contributed by atoms with E-state index in [2.05, 4.69) is 27.6 Å². The number of hydrogen-bond acceptors (Lipinski definition) is 4. The van der Waals surface area contributed by atoms with Gasteiger partial charge in [-0.05, 0) is 30.2 Å². The van der Waals surface area contributed by atoms with Gasteiger partial charge < -0.3 is 10.2 Å². The summed E-state index contributed by atoms with van der Waals surface area (Å²) >= 11 is 0. The topological polar surface area (TPSA) is 58.1 Å². The summed E-state index contributed by atoms with van der Waals surface area (Å²) in [5, 5.41) is 11.1. The van der Waals surface area contributed by atoms with Crippen LogP contribution in [0.25, 0.3) is 0 Å². The van der Waals surface area contributed by atoms with E-state index < -0.39 is 0 Å². The zero-order valence-electron chi connectivity index (χ0n) is 15.0. The number of nitrogens with zero attached hydrogens (tertiary/aromatic N) is 3. The average molecular weight is 346 g/mol. The highest BCUT2D eigenvalue weighted by Crippen LogP contribution is 2.14. The van der Waals surface area contributed by atoms with Crippen molar-refractivity contribution in [1.82, 2.24) is 10.2 Å². The number of carbonyl (C=O) groups excluding carboxylic acids is 1. The minimum absolute atomic E-state index is 0.102. The van der Waals surface area contributed by atoms with Gasteiger partial charge in [0.2, 0.25) is 5.91 Å². The van der Waals surface area contributed by atoms with E-state index in [1.165, 1.54) is 5.56 Å². The molecule has 26 heavy (non-hydrogen) atoms. The van der Waals surface area contributed by atoms with E-state index in [4.69, 9.17) is 0 Å². The Bertz CT molecular complexity index is 863. The fraction of sp³-hybridized carbons (Fsp3) is 0.190. The number of hydrogen-bond donors (Lipinski definition) is 1. The number of benzene rings is 2. The van der Waals surface area contributed by atoms with Crippen LogP contribution in [0.5, 0.6) is 0 Å². The second kappa shape index (κ2) is 8.25. The first-order valence-electron chi connectivity index (χ1n) is 8.54. The molecule has 3 aromatic rings. The Morgan fingerprint density at radius 3 is 2.42 bits per heavy atom. The molecule has 132 valence electrons. The van der Waals surface area contributed by atoms with E-state index in [9.17, 15) is 4.79 Å². The van der Waals surface area contributed by atoms with E-state index in [0.717, 1.165) is 23.5 Å². The molecule has 3 rings (SSSR count). The molecule has 0 saturated heterocycles. The van der Waals surface area contributed by atoms with Crippen molar-refractivity contribution >= 4 is 17.5 Å². The van der Waals surface area contributed by atoms with Crippen molar-refractivity contribution in [3.63, 3.8) is 0 Å². The largest absolute Gasteiger partial charge is 0.354 e. The van der Waals surface area contributed by atoms with Gasteiger partial charge in [-0.25, -0.2) is 0 Å². The summed E-state index contributed by atoms with van der Waals surface area (Å²) in [4.78, 5) is 14.2. The third kappa shape index (κ3) is 4.89. The highest BCUT2D eigenvalue weighted by Gasteiger charge is 2.08. The standard InChI is InChI=1S/C21H22N4O/c1-16-7-6-10-18(13-16)14-21(26)22-19-11-12-20(24-23-19)25(2)15-17-8-4-3-5-9-17/h3-13H,14-15H2,1-2H3,(H,22,23,26). The first-order chi connectivity index (χ1) is 12.6. The fourth-order valence-corrected chi connectivity index (χ4v) is 2.73. The summed E-state index contributed by atoms with van der Waals surface area (Å²) in [7, 11) is 1.97. The number of aryl methyl sites for hydroxylation is 1. The van der Waals surface area contributed by atoms with Gasteiger partial charge in [0, 0.05) is 13.6 Å². The zero-order chi connectivity index (χ0) is 18.4. The molecule has 2 aromatic carbocycles. The number of aromatic nitrogens is 2. The number of nitrogens with one attached hydrogen (secondary N) is 1. The molecule has 0 atom stereocenters. The van der Waals surface area contributed by atoms with Gasteiger partial charge in [-0.15, -0.1) is 10.2 Å². The zero-order valence-corrected chi connectivity index (χ0v) is 15.0. The molecule has 0 saturated carbocycles. The Morgan fingerprint density at radius 1 is 0.962 bits per heavy atom. The molecular formula is C21H22N4O. The van der Waals surface area contributed by atoms with Crippen LogP contribution in [-0.2, 0) is 17.8 Å². The Balaban J connectivity index is 1.57. The third-order valence-corrected chi connectivity index (χ3v) is 4.02. The third-order valence-electron chi connectivity index (χ3n) is 4.02. The normalized spacial score (nSPS) is 10.4. The van der Waals surface area contributed by atoms with Gasteiger partial charge in [0.25, 0.3) is 0 Å². The molecule has 0 fully saturated rings. The smallest absolute Gasteiger partial charge is 0.229 e. The lowest BCUT2D eigenvalue weighted by molar-refractivity contribution is -0.115. The van der Waals surface area contributed by atoms with Gasteiger partial charge in [-0.2, -0.15) is 0 Å². The number of anilines is 2. The summed E-state index contributed by atoms with van der Waals surface area (Å²) < 4.78 is 0. The van der Waals surface area contributed by atoms with E-state index in [1.54, 1.807) is 6.07 Å². The van der Waals surface area contributed by atoms with Crippen LogP contribution in [0.4, 0.5) is 11.6 Å². The quantitative estimate of drug-likeness (QED) is 0.741. The Hall–Kier alpha value is -3.21. The molecule has 0 radical (unpaired) electrons. The second-order valence-corrected chi connectivity index (χ2v) is 6.33. The average Bonchev–Trinajstić information content (AvgIpc) is 2.63. The lowest BCUT2D eigenvalue weighted by Crippen LogP contribution is -2.19. The molecule has 1 amide bonds. The molecule has 0 bridgehead atoms. The lowest BCUT2D eigenvalue weighted by Gasteiger charge is -2.17. The predicted octanol–water partition coefficient (Wildman–Crippen LogP) is 3.60. The van der Waals surface area contributed by atoms with Crippen molar-refractivity contribution in [2.45, 2.75) is 19.9 Å². The number of carbonyl (C=O) groups is 1. The van der Waals surface area contributed by atoms with Crippen molar-refractivity contribution in [2.24, 2.45) is 0 Å². The van der Waals surface area contributed by atoms with Crippen LogP contribution in [0.2, 0.25) is 0 Å². The molecule has 0 spiro atoms. The Labute approximate surface area is 153 Å². The highest BCUT2D eigenvalue weighted by atomic mass is 16.1. The summed E-state index contributed by atoms with van der Waals surface area (Å²) in [6.07, 6.45) is 0.318. The molecule has 0 aliphatic carbocycles. The molecule has 5 heteroatoms. The molecule has 0 aliphatic rings. The number of amides is 1. The maximum atomic E-state index is 12.2. The van der Waals surface area contributed by atoms with Crippen LogP contribution in [0.3, 0.4) is 0 Å². The molecule has 5 nitrogen and oxygen atoms in total. The van der Waals surface area contributed by atoms with Crippen molar-refractivity contribution in [3.8, 4) is 0 Å². The van der Waals surface area contributed by atoms with Crippen LogP contribution < -0.4 is 10.2 Å². The summed E-state index contributed by atoms with van der Waals surface area (Å²) in [5.41, 5.74) is 3.32. The van der Waals surface area contributed by atoms with Crippen molar-refractivity contribution < 1.29 is 4.79 Å². The van der Waals surface area contributed by atoms with Gasteiger partial charge >= 0.3 is 0 Å². The molecule has 1 aromatic heterocycles. The monoisotopic (exact) mass is 346 g/mol. The van der Waals surface area contributed by atoms with E-state index >= 15 is 0 Å². The van der Waals surface area contributed by atoms with Gasteiger partial charge in [-0.1, -0.05) is 60.2 Å². The van der Waals surface area contributed by atoms with E-state index in [0.29, 0.717) is 12.2 Å². The Morgan fingerprint density at radius 2 is 1.73 bits per heavy atom. The SMILES string of the molecule is Cc1cccc(CC(=O)Nc2ccc(N(C)Cc3ccccc3)nn2)c1. The van der Waals surface area contributed by atoms with Crippen molar-refractivity contribution in [2.75, 3.05) is 17.3 Å². The van der Waals surface area contributed by atoms with Crippen LogP contribution in [0.1, 0.15) is 16.7 Å². The molecule has 1 heterocycles. The summed E-state index contributed by atoms with van der Waals surface area (Å²) in [6, 6.07) is 21.7. The van der Waals surface area contributed by atoms with Gasteiger partial charge in [0.15, 0.2) is 11.6 Å². The first kappa shape index (κ1) is 17.6. The maximum absolute atomic E-state index is 12.2. The van der Waals surface area contributed by atoms with Gasteiger partial charge in [0.05, 0.1) is 6.42 Å². The first-order valence-corrected chi connectivity index (χ1v) is 8.54. The van der Waals surface area contributed by atoms with Crippen molar-refractivity contribution in [3.05, 3.63) is 83.4 Å². The van der Waals surface area contributed by atoms with E-state index in [1.807, 2.05) is 67.4 Å². The maximum Gasteiger partial charge on any atom is 0.229 e. The van der Waals surface area contributed by atoms with Crippen LogP contribution >= 0.6 is 0 Å². The second-order valence-electron chi connectivity index (χ2n) is 6.33. The summed E-state index contributed by atoms with van der Waals surface area (Å²) in [6.45, 7) is 2.76. The van der Waals surface area contributed by atoms with Crippen molar-refractivity contribution in [1.29, 1.82) is 0 Å². The Kier molecular flexibility index (Phi) is 5.59. The van der Waals surface area contributed by atoms with E-state index in [-0.39, 0.29) is 5.91 Å². The fourth-order valence-electron chi connectivity index (χ4n) is 2.73. The molecule has 1 N–H and O–H groups in total. The highest BCUT2D eigenvalue weighted by molar-refractivity contribution is 5.91. The number of rotatable bonds is 6.